The van der Waals surface area contributed by atoms with Crippen molar-refractivity contribution >= 4 is 39.1 Å². The maximum atomic E-state index is 13.8. The summed E-state index contributed by atoms with van der Waals surface area (Å²) in [6.45, 7) is -0.287. The van der Waals surface area contributed by atoms with Gasteiger partial charge in [-0.15, -0.1) is 0 Å². The van der Waals surface area contributed by atoms with Crippen molar-refractivity contribution in [2.24, 2.45) is 0 Å². The van der Waals surface area contributed by atoms with E-state index in [0.717, 1.165) is 0 Å². The van der Waals surface area contributed by atoms with Crippen LogP contribution in [0.5, 0.6) is 17.2 Å². The Morgan fingerprint density at radius 2 is 1.81 bits per heavy atom. The summed E-state index contributed by atoms with van der Waals surface area (Å²) in [7, 11) is 0. The quantitative estimate of drug-likeness (QED) is 0.532. The maximum Gasteiger partial charge on any atom is 0.262 e. The molecule has 158 valence electrons. The van der Waals surface area contributed by atoms with Crippen LogP contribution in [0, 0.1) is 5.82 Å². The molecule has 0 aliphatic carbocycles. The van der Waals surface area contributed by atoms with E-state index in [-0.39, 0.29) is 18.1 Å². The van der Waals surface area contributed by atoms with Crippen LogP contribution in [-0.2, 0) is 4.79 Å². The Morgan fingerprint density at radius 3 is 2.65 bits per heavy atom. The third kappa shape index (κ3) is 4.95. The number of ether oxygens (including phenoxy) is 3. The van der Waals surface area contributed by atoms with Gasteiger partial charge in [0.05, 0.1) is 11.3 Å². The summed E-state index contributed by atoms with van der Waals surface area (Å²) < 4.78 is 30.2. The Balaban J connectivity index is 1.41. The molecule has 1 aliphatic rings. The number of hydrogen-bond acceptors (Lipinski definition) is 5. The van der Waals surface area contributed by atoms with Crippen LogP contribution in [0.15, 0.2) is 65.1 Å². The fraction of sp³-hybridized carbons (Fsp3) is 0.0909. The van der Waals surface area contributed by atoms with Gasteiger partial charge in [-0.05, 0) is 42.5 Å². The summed E-state index contributed by atoms with van der Waals surface area (Å²) in [5.74, 6) is -0.456. The van der Waals surface area contributed by atoms with Crippen LogP contribution in [0.1, 0.15) is 10.4 Å². The van der Waals surface area contributed by atoms with Crippen molar-refractivity contribution in [2.45, 2.75) is 0 Å². The van der Waals surface area contributed by atoms with Crippen LogP contribution in [-0.4, -0.2) is 25.2 Å². The van der Waals surface area contributed by atoms with Gasteiger partial charge in [-0.2, -0.15) is 0 Å². The van der Waals surface area contributed by atoms with E-state index in [2.05, 4.69) is 26.6 Å². The fourth-order valence-corrected chi connectivity index (χ4v) is 3.22. The second-order valence-electron chi connectivity index (χ2n) is 6.48. The van der Waals surface area contributed by atoms with Crippen LogP contribution in [0.3, 0.4) is 0 Å². The third-order valence-electron chi connectivity index (χ3n) is 4.33. The van der Waals surface area contributed by atoms with Crippen molar-refractivity contribution in [3.63, 3.8) is 0 Å². The Hall–Kier alpha value is -3.59. The Morgan fingerprint density at radius 1 is 1.00 bits per heavy atom. The highest BCUT2D eigenvalue weighted by molar-refractivity contribution is 9.10. The van der Waals surface area contributed by atoms with Gasteiger partial charge >= 0.3 is 0 Å². The summed E-state index contributed by atoms with van der Waals surface area (Å²) in [5, 5.41) is 5.38. The zero-order valence-electron chi connectivity index (χ0n) is 16.0. The molecule has 0 bridgehead atoms. The first-order chi connectivity index (χ1) is 15.0. The van der Waals surface area contributed by atoms with E-state index in [0.29, 0.717) is 27.3 Å². The highest BCUT2D eigenvalue weighted by Gasteiger charge is 2.17. The lowest BCUT2D eigenvalue weighted by Crippen LogP contribution is -2.23. The van der Waals surface area contributed by atoms with Crippen molar-refractivity contribution in [1.82, 2.24) is 0 Å². The number of carbonyl (C=O) groups is 2. The van der Waals surface area contributed by atoms with Gasteiger partial charge in [0.15, 0.2) is 29.7 Å². The van der Waals surface area contributed by atoms with E-state index in [1.807, 2.05) is 0 Å². The molecule has 9 heteroatoms. The number of nitrogens with one attached hydrogen (secondary N) is 2. The molecule has 7 nitrogen and oxygen atoms in total. The molecule has 1 heterocycles. The minimum Gasteiger partial charge on any atom is -0.481 e. The van der Waals surface area contributed by atoms with E-state index < -0.39 is 24.2 Å². The van der Waals surface area contributed by atoms with Crippen LogP contribution in [0.2, 0.25) is 0 Å². The highest BCUT2D eigenvalue weighted by atomic mass is 79.9. The van der Waals surface area contributed by atoms with Crippen molar-refractivity contribution < 1.29 is 28.2 Å². The van der Waals surface area contributed by atoms with Crippen LogP contribution >= 0.6 is 15.9 Å². The van der Waals surface area contributed by atoms with E-state index in [9.17, 15) is 14.0 Å². The molecule has 0 atom stereocenters. The first-order valence-corrected chi connectivity index (χ1v) is 9.96. The normalized spacial score (nSPS) is 11.7. The van der Waals surface area contributed by atoms with Gasteiger partial charge in [0, 0.05) is 16.2 Å². The molecule has 4 rings (SSSR count). The SMILES string of the molecule is O=C(COc1ccc(Br)cc1F)Nc1ccccc1C(=O)Nc1ccc2c(c1)OCO2. The van der Waals surface area contributed by atoms with Crippen LogP contribution < -0.4 is 24.8 Å². The molecular formula is C22H16BrFN2O5. The summed E-state index contributed by atoms with van der Waals surface area (Å²) in [6, 6.07) is 15.8. The first-order valence-electron chi connectivity index (χ1n) is 9.17. The van der Waals surface area contributed by atoms with Crippen LogP contribution in [0.25, 0.3) is 0 Å². The summed E-state index contributed by atoms with van der Waals surface area (Å²) in [4.78, 5) is 25.0. The molecule has 1 aliphatic heterocycles. The van der Waals surface area contributed by atoms with Crippen molar-refractivity contribution in [1.29, 1.82) is 0 Å². The number of benzene rings is 3. The largest absolute Gasteiger partial charge is 0.481 e. The number of para-hydroxylation sites is 1. The first kappa shape index (κ1) is 20.7. The molecule has 2 N–H and O–H groups in total. The Labute approximate surface area is 185 Å². The molecule has 0 unspecified atom stereocenters. The van der Waals surface area contributed by atoms with E-state index in [1.54, 1.807) is 48.5 Å². The lowest BCUT2D eigenvalue weighted by Gasteiger charge is -2.12. The van der Waals surface area contributed by atoms with Gasteiger partial charge in [-0.3, -0.25) is 9.59 Å². The molecule has 3 aromatic carbocycles. The Kier molecular flexibility index (Phi) is 6.03. The third-order valence-corrected chi connectivity index (χ3v) is 4.82. The molecule has 0 saturated carbocycles. The topological polar surface area (TPSA) is 85.9 Å². The minimum absolute atomic E-state index is 0.0489. The molecule has 3 aromatic rings. The van der Waals surface area contributed by atoms with Crippen molar-refractivity contribution in [3.8, 4) is 17.2 Å². The second-order valence-corrected chi connectivity index (χ2v) is 7.40. The summed E-state index contributed by atoms with van der Waals surface area (Å²) in [5.41, 5.74) is 1.07. The number of amides is 2. The summed E-state index contributed by atoms with van der Waals surface area (Å²) >= 11 is 3.15. The number of rotatable bonds is 6. The number of fused-ring (bicyclic) bond motifs is 1. The predicted octanol–water partition coefficient (Wildman–Crippen LogP) is 4.59. The zero-order valence-corrected chi connectivity index (χ0v) is 17.6. The lowest BCUT2D eigenvalue weighted by atomic mass is 10.1. The van der Waals surface area contributed by atoms with Crippen molar-refractivity contribution in [2.75, 3.05) is 24.0 Å². The van der Waals surface area contributed by atoms with E-state index in [4.69, 9.17) is 14.2 Å². The number of hydrogen-bond donors (Lipinski definition) is 2. The zero-order chi connectivity index (χ0) is 21.8. The average Bonchev–Trinajstić information content (AvgIpc) is 3.21. The minimum atomic E-state index is -0.592. The molecule has 0 fully saturated rings. The van der Waals surface area contributed by atoms with Gasteiger partial charge in [-0.25, -0.2) is 4.39 Å². The number of halogens is 2. The number of anilines is 2. The van der Waals surface area contributed by atoms with Gasteiger partial charge in [0.25, 0.3) is 11.8 Å². The molecule has 2 amide bonds. The predicted molar refractivity (Wildman–Crippen MR) is 115 cm³/mol. The molecule has 0 radical (unpaired) electrons. The van der Waals surface area contributed by atoms with E-state index in [1.165, 1.54) is 12.1 Å². The Bertz CT molecular complexity index is 1150. The molecule has 0 aromatic heterocycles. The maximum absolute atomic E-state index is 13.8. The van der Waals surface area contributed by atoms with Gasteiger partial charge < -0.3 is 24.8 Å². The van der Waals surface area contributed by atoms with Crippen LogP contribution in [0.4, 0.5) is 15.8 Å². The smallest absolute Gasteiger partial charge is 0.262 e. The van der Waals surface area contributed by atoms with Gasteiger partial charge in [-0.1, -0.05) is 28.1 Å². The van der Waals surface area contributed by atoms with E-state index >= 15 is 0 Å². The second kappa shape index (κ2) is 9.05. The molecule has 0 saturated heterocycles. The molecule has 31 heavy (non-hydrogen) atoms. The number of carbonyl (C=O) groups excluding carboxylic acids is 2. The van der Waals surface area contributed by atoms with Crippen molar-refractivity contribution in [3.05, 3.63) is 76.5 Å². The van der Waals surface area contributed by atoms with Gasteiger partial charge in [0.2, 0.25) is 6.79 Å². The highest BCUT2D eigenvalue weighted by Crippen LogP contribution is 2.34. The monoisotopic (exact) mass is 486 g/mol. The molecule has 0 spiro atoms. The van der Waals surface area contributed by atoms with Gasteiger partial charge in [0.1, 0.15) is 0 Å². The average molecular weight is 487 g/mol. The standard InChI is InChI=1S/C22H16BrFN2O5/c23-13-5-7-18(16(24)9-13)29-11-21(27)26-17-4-2-1-3-15(17)22(28)25-14-6-8-19-20(10-14)31-12-30-19/h1-10H,11-12H2,(H,25,28)(H,26,27). The lowest BCUT2D eigenvalue weighted by molar-refractivity contribution is -0.118. The fourth-order valence-electron chi connectivity index (χ4n) is 2.88. The molecular weight excluding hydrogens is 471 g/mol. The summed E-state index contributed by atoms with van der Waals surface area (Å²) in [6.07, 6.45) is 0.